The maximum atomic E-state index is 12.2. The van der Waals surface area contributed by atoms with Crippen LogP contribution >= 0.6 is 0 Å². The van der Waals surface area contributed by atoms with Gasteiger partial charge >= 0.3 is 0 Å². The number of anilines is 2. The molecule has 1 amide bonds. The third-order valence-corrected chi connectivity index (χ3v) is 5.67. The summed E-state index contributed by atoms with van der Waals surface area (Å²) in [6, 6.07) is 12.0. The number of para-hydroxylation sites is 1. The Morgan fingerprint density at radius 3 is 2.68 bits per heavy atom. The highest BCUT2D eigenvalue weighted by atomic mass is 32.2. The van der Waals surface area contributed by atoms with E-state index in [1.165, 1.54) is 6.20 Å². The molecule has 0 radical (unpaired) electrons. The number of aromatic nitrogens is 1. The topological polar surface area (TPSA) is 112 Å². The maximum absolute atomic E-state index is 12.2. The number of sulfone groups is 1. The van der Waals surface area contributed by atoms with Crippen LogP contribution in [0.25, 0.3) is 0 Å². The number of nitrogens with zero attached hydrogens (tertiary/aromatic N) is 2. The second kappa shape index (κ2) is 6.91. The lowest BCUT2D eigenvalue weighted by Crippen LogP contribution is -2.35. The molecule has 25 heavy (non-hydrogen) atoms. The predicted octanol–water partition coefficient (Wildman–Crippen LogP) is 1.61. The molecule has 2 heterocycles. The van der Waals surface area contributed by atoms with Crippen LogP contribution in [0.4, 0.5) is 11.5 Å². The molecule has 8 heteroatoms. The minimum Gasteiger partial charge on any atom is -0.348 e. The zero-order chi connectivity index (χ0) is 17.9. The molecule has 1 atom stereocenters. The van der Waals surface area contributed by atoms with E-state index < -0.39 is 9.84 Å². The third-order valence-electron chi connectivity index (χ3n) is 3.90. The number of pyridine rings is 1. The normalized spacial score (nSPS) is 18.3. The van der Waals surface area contributed by atoms with Crippen molar-refractivity contribution in [3.05, 3.63) is 53.7 Å². The van der Waals surface area contributed by atoms with Gasteiger partial charge in [-0.2, -0.15) is 5.26 Å². The molecule has 0 saturated carbocycles. The van der Waals surface area contributed by atoms with E-state index in [0.29, 0.717) is 29.1 Å². The number of carbonyl (C=O) groups excluding carboxylic acids is 1. The Hall–Kier alpha value is -2.92. The number of amides is 1. The smallest absolute Gasteiger partial charge is 0.253 e. The number of nitriles is 1. The van der Waals surface area contributed by atoms with E-state index in [4.69, 9.17) is 5.26 Å². The van der Waals surface area contributed by atoms with Crippen LogP contribution in [-0.4, -0.2) is 36.9 Å². The van der Waals surface area contributed by atoms with Gasteiger partial charge in [-0.15, -0.1) is 0 Å². The summed E-state index contributed by atoms with van der Waals surface area (Å²) in [6.07, 6.45) is 1.85. The highest BCUT2D eigenvalue weighted by Crippen LogP contribution is 2.19. The van der Waals surface area contributed by atoms with Crippen LogP contribution < -0.4 is 10.6 Å². The van der Waals surface area contributed by atoms with Crippen molar-refractivity contribution in [2.24, 2.45) is 0 Å². The van der Waals surface area contributed by atoms with E-state index in [0.717, 1.165) is 0 Å². The molecule has 7 nitrogen and oxygen atoms in total. The Morgan fingerprint density at radius 2 is 2.04 bits per heavy atom. The SMILES string of the molecule is N#Cc1ccccc1Nc1ccc(C(=O)NC2CCS(=O)(=O)C2)cn1. The fourth-order valence-electron chi connectivity index (χ4n) is 2.61. The Balaban J connectivity index is 1.66. The molecule has 1 unspecified atom stereocenters. The van der Waals surface area contributed by atoms with Crippen LogP contribution in [0.15, 0.2) is 42.6 Å². The van der Waals surface area contributed by atoms with Crippen LogP contribution in [0.3, 0.4) is 0 Å². The van der Waals surface area contributed by atoms with Crippen molar-refractivity contribution < 1.29 is 13.2 Å². The van der Waals surface area contributed by atoms with Gasteiger partial charge < -0.3 is 10.6 Å². The van der Waals surface area contributed by atoms with Gasteiger partial charge in [-0.25, -0.2) is 13.4 Å². The lowest BCUT2D eigenvalue weighted by molar-refractivity contribution is 0.0941. The van der Waals surface area contributed by atoms with E-state index in [2.05, 4.69) is 21.7 Å². The van der Waals surface area contributed by atoms with Crippen molar-refractivity contribution in [3.8, 4) is 6.07 Å². The van der Waals surface area contributed by atoms with Crippen molar-refractivity contribution in [1.82, 2.24) is 10.3 Å². The fraction of sp³-hybridized carbons (Fsp3) is 0.235. The minimum absolute atomic E-state index is 0.0171. The molecule has 1 aromatic heterocycles. The van der Waals surface area contributed by atoms with Crippen LogP contribution in [0.5, 0.6) is 0 Å². The number of nitrogens with one attached hydrogen (secondary N) is 2. The average Bonchev–Trinajstić information content (AvgIpc) is 2.94. The lowest BCUT2D eigenvalue weighted by Gasteiger charge is -2.11. The monoisotopic (exact) mass is 356 g/mol. The quantitative estimate of drug-likeness (QED) is 0.861. The summed E-state index contributed by atoms with van der Waals surface area (Å²) in [5.41, 5.74) is 1.47. The Labute approximate surface area is 145 Å². The number of hydrogen-bond donors (Lipinski definition) is 2. The number of rotatable bonds is 4. The van der Waals surface area contributed by atoms with Gasteiger partial charge in [0.1, 0.15) is 11.9 Å². The largest absolute Gasteiger partial charge is 0.348 e. The van der Waals surface area contributed by atoms with E-state index in [1.807, 2.05) is 0 Å². The van der Waals surface area contributed by atoms with Crippen molar-refractivity contribution in [2.45, 2.75) is 12.5 Å². The molecular weight excluding hydrogens is 340 g/mol. The van der Waals surface area contributed by atoms with Gasteiger partial charge in [0.25, 0.3) is 5.91 Å². The molecule has 0 spiro atoms. The van der Waals surface area contributed by atoms with Gasteiger partial charge in [-0.3, -0.25) is 4.79 Å². The molecule has 128 valence electrons. The summed E-state index contributed by atoms with van der Waals surface area (Å²) in [4.78, 5) is 16.3. The fourth-order valence-corrected chi connectivity index (χ4v) is 4.28. The molecule has 2 aromatic rings. The van der Waals surface area contributed by atoms with Gasteiger partial charge in [0, 0.05) is 12.2 Å². The molecule has 0 bridgehead atoms. The first kappa shape index (κ1) is 16.9. The summed E-state index contributed by atoms with van der Waals surface area (Å²) in [5, 5.41) is 14.8. The van der Waals surface area contributed by atoms with Crippen LogP contribution in [0.1, 0.15) is 22.3 Å². The number of benzene rings is 1. The molecule has 1 aromatic carbocycles. The van der Waals surface area contributed by atoms with E-state index in [1.54, 1.807) is 36.4 Å². The van der Waals surface area contributed by atoms with E-state index in [9.17, 15) is 13.2 Å². The van der Waals surface area contributed by atoms with E-state index in [-0.39, 0.29) is 23.5 Å². The third kappa shape index (κ3) is 4.14. The van der Waals surface area contributed by atoms with Crippen LogP contribution in [0.2, 0.25) is 0 Å². The van der Waals surface area contributed by atoms with Crippen molar-refractivity contribution in [3.63, 3.8) is 0 Å². The molecule has 0 aliphatic carbocycles. The molecular formula is C17H16N4O3S. The lowest BCUT2D eigenvalue weighted by atomic mass is 10.2. The van der Waals surface area contributed by atoms with Gasteiger partial charge in [0.2, 0.25) is 0 Å². The van der Waals surface area contributed by atoms with Crippen LogP contribution in [0, 0.1) is 11.3 Å². The molecule has 1 saturated heterocycles. The molecule has 3 rings (SSSR count). The zero-order valence-corrected chi connectivity index (χ0v) is 14.1. The van der Waals surface area contributed by atoms with E-state index >= 15 is 0 Å². The average molecular weight is 356 g/mol. The molecule has 1 fully saturated rings. The van der Waals surface area contributed by atoms with Gasteiger partial charge in [0.15, 0.2) is 9.84 Å². The summed E-state index contributed by atoms with van der Waals surface area (Å²) in [7, 11) is -3.04. The number of carbonyl (C=O) groups is 1. The summed E-state index contributed by atoms with van der Waals surface area (Å²) in [5.74, 6) is 0.245. The predicted molar refractivity (Wildman–Crippen MR) is 93.2 cm³/mol. The van der Waals surface area contributed by atoms with Crippen molar-refractivity contribution in [1.29, 1.82) is 5.26 Å². The standard InChI is InChI=1S/C17H16N4O3S/c18-9-12-3-1-2-4-15(12)21-16-6-5-13(10-19-16)17(22)20-14-7-8-25(23,24)11-14/h1-6,10,14H,7-8,11H2,(H,19,21)(H,20,22). The second-order valence-electron chi connectivity index (χ2n) is 5.79. The second-order valence-corrected chi connectivity index (χ2v) is 8.02. The number of hydrogen-bond acceptors (Lipinski definition) is 6. The maximum Gasteiger partial charge on any atom is 0.253 e. The Kier molecular flexibility index (Phi) is 4.67. The Bertz CT molecular complexity index is 933. The van der Waals surface area contributed by atoms with Crippen molar-refractivity contribution in [2.75, 3.05) is 16.8 Å². The highest BCUT2D eigenvalue weighted by molar-refractivity contribution is 7.91. The first-order valence-electron chi connectivity index (χ1n) is 7.70. The Morgan fingerprint density at radius 1 is 1.24 bits per heavy atom. The summed E-state index contributed by atoms with van der Waals surface area (Å²) in [6.45, 7) is 0. The summed E-state index contributed by atoms with van der Waals surface area (Å²) >= 11 is 0. The zero-order valence-electron chi connectivity index (χ0n) is 13.3. The first-order chi connectivity index (χ1) is 12.0. The highest BCUT2D eigenvalue weighted by Gasteiger charge is 2.29. The van der Waals surface area contributed by atoms with Crippen LogP contribution in [-0.2, 0) is 9.84 Å². The van der Waals surface area contributed by atoms with Gasteiger partial charge in [-0.05, 0) is 30.7 Å². The van der Waals surface area contributed by atoms with Crippen molar-refractivity contribution >= 4 is 27.2 Å². The van der Waals surface area contributed by atoms with Gasteiger partial charge in [-0.1, -0.05) is 12.1 Å². The molecule has 2 N–H and O–H groups in total. The minimum atomic E-state index is -3.04. The molecule has 1 aliphatic heterocycles. The first-order valence-corrected chi connectivity index (χ1v) is 9.52. The summed E-state index contributed by atoms with van der Waals surface area (Å²) < 4.78 is 22.9. The van der Waals surface area contributed by atoms with Gasteiger partial charge in [0.05, 0.1) is 28.3 Å². The molecule has 1 aliphatic rings.